The molecule has 8 heteroatoms. The monoisotopic (exact) mass is 488 g/mol. The van der Waals surface area contributed by atoms with E-state index in [1.807, 2.05) is 6.92 Å². The molecule has 6 nitrogen and oxygen atoms in total. The fraction of sp³-hybridized carbons (Fsp3) is 0.136. The molecule has 3 aromatic rings. The topological polar surface area (TPSA) is 75.7 Å². The minimum Gasteiger partial charge on any atom is -0.492 e. The molecule has 1 amide bonds. The van der Waals surface area contributed by atoms with Crippen molar-refractivity contribution in [2.24, 2.45) is 0 Å². The second kappa shape index (κ2) is 9.77. The molecule has 1 N–H and O–H groups in total. The Hall–Kier alpha value is -2.84. The molecule has 0 aliphatic heterocycles. The van der Waals surface area contributed by atoms with Gasteiger partial charge in [-0.25, -0.2) is 8.42 Å². The third-order valence-corrected chi connectivity index (χ3v) is 6.51. The largest absolute Gasteiger partial charge is 0.492 e. The van der Waals surface area contributed by atoms with E-state index in [0.717, 1.165) is 8.78 Å². The van der Waals surface area contributed by atoms with Crippen LogP contribution in [0.15, 0.2) is 88.2 Å². The lowest BCUT2D eigenvalue weighted by Gasteiger charge is -2.24. The molecule has 0 bridgehead atoms. The Morgan fingerprint density at radius 3 is 2.27 bits per heavy atom. The Morgan fingerprint density at radius 1 is 0.967 bits per heavy atom. The zero-order valence-corrected chi connectivity index (χ0v) is 18.7. The van der Waals surface area contributed by atoms with Crippen molar-refractivity contribution in [3.63, 3.8) is 0 Å². The highest BCUT2D eigenvalue weighted by Crippen LogP contribution is 2.27. The standard InChI is InChI=1S/C22H21BrN2O4S/c1-2-29-21-11-7-6-10-20(21)24-22(26)16-25(18-14-12-17(23)13-15-18)30(27,28)19-8-4-3-5-9-19/h3-15H,2,16H2,1H3,(H,24,26). The van der Waals surface area contributed by atoms with Crippen molar-refractivity contribution >= 4 is 43.2 Å². The van der Waals surface area contributed by atoms with E-state index in [9.17, 15) is 13.2 Å². The van der Waals surface area contributed by atoms with Gasteiger partial charge in [-0.3, -0.25) is 9.10 Å². The van der Waals surface area contributed by atoms with Gasteiger partial charge in [0, 0.05) is 4.47 Å². The van der Waals surface area contributed by atoms with Crippen molar-refractivity contribution in [3.8, 4) is 5.75 Å². The van der Waals surface area contributed by atoms with Crippen LogP contribution in [0, 0.1) is 0 Å². The molecule has 0 aliphatic rings. The number of rotatable bonds is 8. The average molecular weight is 489 g/mol. The molecule has 0 saturated heterocycles. The molecule has 0 spiro atoms. The van der Waals surface area contributed by atoms with E-state index in [2.05, 4.69) is 21.2 Å². The van der Waals surface area contributed by atoms with Crippen LogP contribution in [0.3, 0.4) is 0 Å². The molecular weight excluding hydrogens is 468 g/mol. The summed E-state index contributed by atoms with van der Waals surface area (Å²) in [5.41, 5.74) is 0.868. The maximum atomic E-state index is 13.3. The van der Waals surface area contributed by atoms with Crippen LogP contribution in [0.1, 0.15) is 6.92 Å². The van der Waals surface area contributed by atoms with E-state index in [1.54, 1.807) is 66.7 Å². The predicted octanol–water partition coefficient (Wildman–Crippen LogP) is 4.68. The van der Waals surface area contributed by atoms with Crippen molar-refractivity contribution in [1.82, 2.24) is 0 Å². The fourth-order valence-corrected chi connectivity index (χ4v) is 4.52. The number of halogens is 1. The minimum absolute atomic E-state index is 0.107. The number of ether oxygens (including phenoxy) is 1. The van der Waals surface area contributed by atoms with Gasteiger partial charge in [0.15, 0.2) is 0 Å². The van der Waals surface area contributed by atoms with Crippen LogP contribution in [0.25, 0.3) is 0 Å². The number of hydrogen-bond donors (Lipinski definition) is 1. The Kier molecular flexibility index (Phi) is 7.12. The molecule has 0 atom stereocenters. The van der Waals surface area contributed by atoms with Crippen molar-refractivity contribution in [1.29, 1.82) is 0 Å². The zero-order chi connectivity index (χ0) is 21.6. The summed E-state index contributed by atoms with van der Waals surface area (Å²) in [4.78, 5) is 12.9. The number of anilines is 2. The lowest BCUT2D eigenvalue weighted by atomic mass is 10.3. The van der Waals surface area contributed by atoms with Crippen LogP contribution in [0.2, 0.25) is 0 Å². The van der Waals surface area contributed by atoms with Gasteiger partial charge in [-0.05, 0) is 55.5 Å². The van der Waals surface area contributed by atoms with E-state index in [-0.39, 0.29) is 11.4 Å². The Balaban J connectivity index is 1.92. The molecule has 156 valence electrons. The molecule has 0 fully saturated rings. The second-order valence-corrected chi connectivity index (χ2v) is 9.06. The zero-order valence-electron chi connectivity index (χ0n) is 16.3. The normalized spacial score (nSPS) is 11.0. The summed E-state index contributed by atoms with van der Waals surface area (Å²) in [6.07, 6.45) is 0. The smallest absolute Gasteiger partial charge is 0.264 e. The van der Waals surface area contributed by atoms with E-state index in [4.69, 9.17) is 4.74 Å². The first-order chi connectivity index (χ1) is 14.4. The van der Waals surface area contributed by atoms with Crippen LogP contribution in [0.5, 0.6) is 5.75 Å². The molecule has 30 heavy (non-hydrogen) atoms. The summed E-state index contributed by atoms with van der Waals surface area (Å²) in [6.45, 7) is 1.90. The first-order valence-electron chi connectivity index (χ1n) is 9.27. The van der Waals surface area contributed by atoms with Gasteiger partial charge in [-0.15, -0.1) is 0 Å². The number of para-hydroxylation sites is 2. The maximum absolute atomic E-state index is 13.3. The van der Waals surface area contributed by atoms with Gasteiger partial charge in [0.05, 0.1) is 22.9 Å². The van der Waals surface area contributed by atoms with Crippen molar-refractivity contribution in [2.45, 2.75) is 11.8 Å². The Labute approximate surface area is 184 Å². The number of benzene rings is 3. The van der Waals surface area contributed by atoms with Crippen LogP contribution >= 0.6 is 15.9 Å². The number of hydrogen-bond acceptors (Lipinski definition) is 4. The molecular formula is C22H21BrN2O4S. The summed E-state index contributed by atoms with van der Waals surface area (Å²) < 4.78 is 34.0. The van der Waals surface area contributed by atoms with Gasteiger partial charge >= 0.3 is 0 Å². The quantitative estimate of drug-likeness (QED) is 0.499. The number of nitrogens with zero attached hydrogens (tertiary/aromatic N) is 1. The molecule has 3 aromatic carbocycles. The third-order valence-electron chi connectivity index (χ3n) is 4.19. The molecule has 0 saturated carbocycles. The molecule has 0 aromatic heterocycles. The van der Waals surface area contributed by atoms with E-state index >= 15 is 0 Å². The summed E-state index contributed by atoms with van der Waals surface area (Å²) in [5, 5.41) is 2.75. The fourth-order valence-electron chi connectivity index (χ4n) is 2.81. The molecule has 0 radical (unpaired) electrons. The molecule has 0 unspecified atom stereocenters. The van der Waals surface area contributed by atoms with Gasteiger partial charge in [0.1, 0.15) is 12.3 Å². The third kappa shape index (κ3) is 5.20. The Morgan fingerprint density at radius 2 is 1.60 bits per heavy atom. The van der Waals surface area contributed by atoms with Gasteiger partial charge in [0.2, 0.25) is 5.91 Å². The molecule has 3 rings (SSSR count). The number of sulfonamides is 1. The van der Waals surface area contributed by atoms with Gasteiger partial charge < -0.3 is 10.1 Å². The highest BCUT2D eigenvalue weighted by molar-refractivity contribution is 9.10. The molecule has 0 aliphatic carbocycles. The summed E-state index contributed by atoms with van der Waals surface area (Å²) in [6, 6.07) is 21.8. The van der Waals surface area contributed by atoms with E-state index < -0.39 is 15.9 Å². The van der Waals surface area contributed by atoms with Crippen LogP contribution < -0.4 is 14.4 Å². The molecule has 0 heterocycles. The predicted molar refractivity (Wildman–Crippen MR) is 121 cm³/mol. The average Bonchev–Trinajstić information content (AvgIpc) is 2.75. The van der Waals surface area contributed by atoms with Crippen molar-refractivity contribution < 1.29 is 17.9 Å². The Bertz CT molecular complexity index is 1100. The van der Waals surface area contributed by atoms with Gasteiger partial charge in [-0.1, -0.05) is 46.3 Å². The van der Waals surface area contributed by atoms with Crippen LogP contribution in [0.4, 0.5) is 11.4 Å². The van der Waals surface area contributed by atoms with E-state index in [0.29, 0.717) is 23.7 Å². The SMILES string of the molecule is CCOc1ccccc1NC(=O)CN(c1ccc(Br)cc1)S(=O)(=O)c1ccccc1. The highest BCUT2D eigenvalue weighted by Gasteiger charge is 2.27. The number of carbonyl (C=O) groups excluding carboxylic acids is 1. The summed E-state index contributed by atoms with van der Waals surface area (Å²) in [5.74, 6) is 0.0408. The minimum atomic E-state index is -3.95. The first-order valence-corrected chi connectivity index (χ1v) is 11.5. The number of nitrogens with one attached hydrogen (secondary N) is 1. The number of carbonyl (C=O) groups is 1. The lowest BCUT2D eigenvalue weighted by molar-refractivity contribution is -0.114. The summed E-state index contributed by atoms with van der Waals surface area (Å²) >= 11 is 3.35. The van der Waals surface area contributed by atoms with E-state index in [1.165, 1.54) is 12.1 Å². The van der Waals surface area contributed by atoms with Crippen LogP contribution in [-0.4, -0.2) is 27.5 Å². The van der Waals surface area contributed by atoms with Crippen molar-refractivity contribution in [3.05, 3.63) is 83.3 Å². The van der Waals surface area contributed by atoms with Crippen LogP contribution in [-0.2, 0) is 14.8 Å². The maximum Gasteiger partial charge on any atom is 0.264 e. The summed E-state index contributed by atoms with van der Waals surface area (Å²) in [7, 11) is -3.95. The number of amides is 1. The van der Waals surface area contributed by atoms with Gasteiger partial charge in [0.25, 0.3) is 10.0 Å². The van der Waals surface area contributed by atoms with Gasteiger partial charge in [-0.2, -0.15) is 0 Å². The first kappa shape index (κ1) is 21.9. The lowest BCUT2D eigenvalue weighted by Crippen LogP contribution is -2.38. The van der Waals surface area contributed by atoms with Crippen molar-refractivity contribution in [2.75, 3.05) is 22.8 Å². The second-order valence-electron chi connectivity index (χ2n) is 6.28. The highest BCUT2D eigenvalue weighted by atomic mass is 79.9.